The fraction of sp³-hybridized carbons (Fsp3) is 0.0625. The van der Waals surface area contributed by atoms with Crippen LogP contribution in [0.5, 0.6) is 0 Å². The molecule has 3 rings (SSSR count). The summed E-state index contributed by atoms with van der Waals surface area (Å²) in [5, 5.41) is 11.2. The second-order valence-electron chi connectivity index (χ2n) is 4.85. The van der Waals surface area contributed by atoms with E-state index >= 15 is 0 Å². The van der Waals surface area contributed by atoms with E-state index in [9.17, 15) is 23.1 Å². The lowest BCUT2D eigenvalue weighted by atomic mass is 9.95. The van der Waals surface area contributed by atoms with Crippen LogP contribution in [0.3, 0.4) is 0 Å². The van der Waals surface area contributed by atoms with Crippen molar-refractivity contribution in [3.05, 3.63) is 58.6 Å². The topological polar surface area (TPSA) is 37.3 Å². The van der Waals surface area contributed by atoms with Crippen molar-refractivity contribution in [2.75, 3.05) is 0 Å². The molecule has 0 aliphatic carbocycles. The third-order valence-corrected chi connectivity index (χ3v) is 3.71. The van der Waals surface area contributed by atoms with Gasteiger partial charge in [0.15, 0.2) is 0 Å². The van der Waals surface area contributed by atoms with Crippen LogP contribution in [0.4, 0.5) is 13.2 Å². The van der Waals surface area contributed by atoms with Crippen LogP contribution in [0.25, 0.3) is 21.5 Å². The molecule has 0 aromatic heterocycles. The maximum absolute atomic E-state index is 12.9. The molecule has 0 amide bonds. The van der Waals surface area contributed by atoms with Gasteiger partial charge in [0, 0.05) is 5.02 Å². The van der Waals surface area contributed by atoms with Gasteiger partial charge in [-0.25, -0.2) is 4.79 Å². The van der Waals surface area contributed by atoms with Crippen LogP contribution in [-0.4, -0.2) is 11.1 Å². The Morgan fingerprint density at radius 2 is 1.64 bits per heavy atom. The summed E-state index contributed by atoms with van der Waals surface area (Å²) in [4.78, 5) is 11.4. The van der Waals surface area contributed by atoms with E-state index in [0.717, 1.165) is 12.1 Å². The van der Waals surface area contributed by atoms with E-state index in [-0.39, 0.29) is 16.3 Å². The highest BCUT2D eigenvalue weighted by Crippen LogP contribution is 2.36. The van der Waals surface area contributed by atoms with Crippen molar-refractivity contribution < 1.29 is 23.1 Å². The molecule has 0 bridgehead atoms. The lowest BCUT2D eigenvalue weighted by molar-refractivity contribution is -0.137. The number of carbonyl (C=O) groups is 1. The van der Waals surface area contributed by atoms with Crippen molar-refractivity contribution in [2.24, 2.45) is 0 Å². The normalized spacial score (nSPS) is 12.0. The van der Waals surface area contributed by atoms with E-state index in [1.807, 2.05) is 0 Å². The van der Waals surface area contributed by atoms with Gasteiger partial charge in [-0.15, -0.1) is 0 Å². The average Bonchev–Trinajstić information content (AvgIpc) is 2.44. The number of carboxylic acids is 1. The molecule has 0 unspecified atom stereocenters. The minimum atomic E-state index is -4.49. The Morgan fingerprint density at radius 1 is 0.955 bits per heavy atom. The zero-order valence-corrected chi connectivity index (χ0v) is 11.7. The molecule has 0 heterocycles. The van der Waals surface area contributed by atoms with Gasteiger partial charge in [0.25, 0.3) is 0 Å². The predicted molar refractivity (Wildman–Crippen MR) is 78.4 cm³/mol. The van der Waals surface area contributed by atoms with Gasteiger partial charge in [-0.1, -0.05) is 23.7 Å². The Kier molecular flexibility index (Phi) is 3.25. The molecule has 0 spiro atoms. The predicted octanol–water partition coefficient (Wildman–Crippen LogP) is 5.36. The average molecular weight is 325 g/mol. The largest absolute Gasteiger partial charge is 0.478 e. The zero-order valence-electron chi connectivity index (χ0n) is 10.9. The molecule has 0 atom stereocenters. The first-order chi connectivity index (χ1) is 10.3. The van der Waals surface area contributed by atoms with Crippen LogP contribution in [0.15, 0.2) is 42.5 Å². The van der Waals surface area contributed by atoms with E-state index in [4.69, 9.17) is 11.6 Å². The molecule has 6 heteroatoms. The fourth-order valence-electron chi connectivity index (χ4n) is 2.49. The van der Waals surface area contributed by atoms with Crippen molar-refractivity contribution >= 4 is 39.1 Å². The van der Waals surface area contributed by atoms with Gasteiger partial charge in [0.05, 0.1) is 11.1 Å². The fourth-order valence-corrected chi connectivity index (χ4v) is 2.67. The Hall–Kier alpha value is -2.27. The molecular formula is C16H8ClF3O2. The summed E-state index contributed by atoms with van der Waals surface area (Å²) in [5.74, 6) is -1.20. The highest BCUT2D eigenvalue weighted by Gasteiger charge is 2.31. The molecule has 0 saturated carbocycles. The Balaban J connectivity index is 2.49. The molecule has 0 saturated heterocycles. The third-order valence-electron chi connectivity index (χ3n) is 3.47. The minimum absolute atomic E-state index is 0.0570. The minimum Gasteiger partial charge on any atom is -0.478 e. The van der Waals surface area contributed by atoms with Crippen LogP contribution in [0.1, 0.15) is 15.9 Å². The van der Waals surface area contributed by atoms with Gasteiger partial charge in [-0.05, 0) is 51.9 Å². The molecule has 1 N–H and O–H groups in total. The van der Waals surface area contributed by atoms with Crippen LogP contribution in [0, 0.1) is 0 Å². The second kappa shape index (κ2) is 4.88. The summed E-state index contributed by atoms with van der Waals surface area (Å²) in [6, 6.07) is 9.14. The molecule has 3 aromatic carbocycles. The number of carboxylic acid groups (broad SMARTS) is 1. The van der Waals surface area contributed by atoms with Gasteiger partial charge < -0.3 is 5.11 Å². The first kappa shape index (κ1) is 14.7. The SMILES string of the molecule is O=C(O)c1cc2cc(Cl)ccc2c2cc(C(F)(F)F)ccc12. The molecule has 3 aromatic rings. The highest BCUT2D eigenvalue weighted by atomic mass is 35.5. The molecule has 22 heavy (non-hydrogen) atoms. The number of hydrogen-bond acceptors (Lipinski definition) is 1. The lowest BCUT2D eigenvalue weighted by Gasteiger charge is -2.12. The summed E-state index contributed by atoms with van der Waals surface area (Å²) in [5.41, 5.74) is -0.878. The summed E-state index contributed by atoms with van der Waals surface area (Å²) >= 11 is 5.88. The van der Waals surface area contributed by atoms with Gasteiger partial charge in [0.2, 0.25) is 0 Å². The molecule has 0 aliphatic rings. The van der Waals surface area contributed by atoms with Crippen LogP contribution >= 0.6 is 11.6 Å². The standard InChI is InChI=1S/C16H8ClF3O2/c17-10-2-4-11-8(5-10)6-14(15(21)22)12-3-1-9(7-13(11)12)16(18,19)20/h1-7H,(H,21,22). The van der Waals surface area contributed by atoms with Crippen molar-refractivity contribution in [3.8, 4) is 0 Å². The van der Waals surface area contributed by atoms with Crippen LogP contribution < -0.4 is 0 Å². The molecule has 2 nitrogen and oxygen atoms in total. The lowest BCUT2D eigenvalue weighted by Crippen LogP contribution is -2.05. The number of hydrogen-bond donors (Lipinski definition) is 1. The van der Waals surface area contributed by atoms with Gasteiger partial charge in [-0.2, -0.15) is 13.2 Å². The zero-order chi connectivity index (χ0) is 16.1. The van der Waals surface area contributed by atoms with Crippen LogP contribution in [-0.2, 0) is 6.18 Å². The summed E-state index contributed by atoms with van der Waals surface area (Å²) in [6.07, 6.45) is -4.49. The Morgan fingerprint density at radius 3 is 2.27 bits per heavy atom. The first-order valence-electron chi connectivity index (χ1n) is 6.24. The maximum atomic E-state index is 12.9. The Labute approximate surface area is 127 Å². The van der Waals surface area contributed by atoms with E-state index in [1.54, 1.807) is 12.1 Å². The quantitative estimate of drug-likeness (QED) is 0.611. The second-order valence-corrected chi connectivity index (χ2v) is 5.29. The summed E-state index contributed by atoms with van der Waals surface area (Å²) in [7, 11) is 0. The molecule has 0 radical (unpaired) electrons. The van der Waals surface area contributed by atoms with Crippen molar-refractivity contribution in [1.82, 2.24) is 0 Å². The number of alkyl halides is 3. The number of halogens is 4. The van der Waals surface area contributed by atoms with E-state index in [1.165, 1.54) is 18.2 Å². The Bertz CT molecular complexity index is 917. The summed E-state index contributed by atoms with van der Waals surface area (Å²) < 4.78 is 38.7. The molecular weight excluding hydrogens is 317 g/mol. The highest BCUT2D eigenvalue weighted by molar-refractivity contribution is 6.31. The van der Waals surface area contributed by atoms with E-state index in [2.05, 4.69) is 0 Å². The number of benzene rings is 3. The van der Waals surface area contributed by atoms with Crippen molar-refractivity contribution in [1.29, 1.82) is 0 Å². The molecule has 0 aliphatic heterocycles. The maximum Gasteiger partial charge on any atom is 0.416 e. The summed E-state index contributed by atoms with van der Waals surface area (Å²) in [6.45, 7) is 0. The van der Waals surface area contributed by atoms with Crippen LogP contribution in [0.2, 0.25) is 5.02 Å². The smallest absolute Gasteiger partial charge is 0.416 e. The van der Waals surface area contributed by atoms with Crippen molar-refractivity contribution in [3.63, 3.8) is 0 Å². The number of fused-ring (bicyclic) bond motifs is 3. The first-order valence-corrected chi connectivity index (χ1v) is 6.62. The van der Waals surface area contributed by atoms with E-state index in [0.29, 0.717) is 15.8 Å². The molecule has 112 valence electrons. The van der Waals surface area contributed by atoms with Gasteiger partial charge in [0.1, 0.15) is 0 Å². The number of aromatic carboxylic acids is 1. The van der Waals surface area contributed by atoms with Gasteiger partial charge >= 0.3 is 12.1 Å². The van der Waals surface area contributed by atoms with Gasteiger partial charge in [-0.3, -0.25) is 0 Å². The van der Waals surface area contributed by atoms with E-state index < -0.39 is 17.7 Å². The monoisotopic (exact) mass is 324 g/mol. The molecule has 0 fully saturated rings. The third kappa shape index (κ3) is 2.37. The van der Waals surface area contributed by atoms with Crippen molar-refractivity contribution in [2.45, 2.75) is 6.18 Å². The number of rotatable bonds is 1.